The molecular weight excluding hydrogens is 396 g/mol. The molecule has 0 amide bonds. The van der Waals surface area contributed by atoms with Gasteiger partial charge in [-0.3, -0.25) is 18.4 Å². The minimum Gasteiger partial charge on any atom is -0.283 e. The third kappa shape index (κ3) is 4.20. The van der Waals surface area contributed by atoms with Crippen LogP contribution in [0.2, 0.25) is 0 Å². The monoisotopic (exact) mass is 432 g/mol. The van der Waals surface area contributed by atoms with Crippen molar-refractivity contribution in [3.8, 4) is 0 Å². The fourth-order valence-corrected chi connectivity index (χ4v) is 5.20. The average Bonchev–Trinajstić information content (AvgIpc) is 3.47. The fraction of sp³-hybridized carbons (Fsp3) is 0.500. The Kier molecular flexibility index (Phi) is 7.29. The van der Waals surface area contributed by atoms with Gasteiger partial charge in [0, 0.05) is 12.4 Å². The second-order valence-electron chi connectivity index (χ2n) is 9.17. The van der Waals surface area contributed by atoms with Gasteiger partial charge in [0.2, 0.25) is 0 Å². The maximum atomic E-state index is 13.6. The van der Waals surface area contributed by atoms with E-state index in [4.69, 9.17) is 0 Å². The number of rotatable bonds is 12. The number of pyridine rings is 2. The summed E-state index contributed by atoms with van der Waals surface area (Å²) in [5, 5.41) is 1.31. The molecule has 0 aliphatic heterocycles. The molecule has 0 N–H and O–H groups in total. The topological polar surface area (TPSA) is 43.0 Å². The normalized spacial score (nSPS) is 11.9. The van der Waals surface area contributed by atoms with E-state index in [1.165, 1.54) is 38.5 Å². The Balaban J connectivity index is 1.86. The molecule has 4 heterocycles. The lowest BCUT2D eigenvalue weighted by atomic mass is 9.95. The van der Waals surface area contributed by atoms with Crippen LogP contribution in [0.4, 0.5) is 0 Å². The van der Waals surface area contributed by atoms with Crippen LogP contribution >= 0.6 is 0 Å². The smallest absolute Gasteiger partial charge is 0.263 e. The highest BCUT2D eigenvalue weighted by molar-refractivity contribution is 5.95. The molecule has 0 saturated heterocycles. The van der Waals surface area contributed by atoms with Crippen LogP contribution in [-0.2, 0) is 12.8 Å². The number of hydrogen-bond acceptors (Lipinski definition) is 2. The summed E-state index contributed by atoms with van der Waals surface area (Å²) in [5.74, 6) is 0. The lowest BCUT2D eigenvalue weighted by Crippen LogP contribution is -2.23. The highest BCUT2D eigenvalue weighted by Gasteiger charge is 2.21. The molecule has 4 aromatic heterocycles. The van der Waals surface area contributed by atoms with Gasteiger partial charge >= 0.3 is 0 Å². The van der Waals surface area contributed by atoms with E-state index in [2.05, 4.69) is 13.8 Å². The fourth-order valence-electron chi connectivity index (χ4n) is 5.20. The zero-order chi connectivity index (χ0) is 22.5. The number of hydrogen-bond donors (Lipinski definition) is 0. The van der Waals surface area contributed by atoms with Crippen LogP contribution in [0.5, 0.6) is 0 Å². The minimum atomic E-state index is -0.0425. The molecule has 0 aromatic carbocycles. The van der Waals surface area contributed by atoms with Crippen LogP contribution in [0.15, 0.2) is 46.2 Å². The lowest BCUT2D eigenvalue weighted by molar-refractivity contribution is 0.632. The molecule has 0 saturated carbocycles. The zero-order valence-corrected chi connectivity index (χ0v) is 19.7. The van der Waals surface area contributed by atoms with Crippen LogP contribution in [0.1, 0.15) is 89.2 Å². The molecule has 0 unspecified atom stereocenters. The number of unbranched alkanes of at least 4 members (excludes halogenated alkanes) is 8. The molecule has 0 spiro atoms. The van der Waals surface area contributed by atoms with Crippen LogP contribution in [0, 0.1) is 0 Å². The Hall–Kier alpha value is -2.62. The summed E-state index contributed by atoms with van der Waals surface area (Å²) in [7, 11) is 0. The van der Waals surface area contributed by atoms with Crippen molar-refractivity contribution < 1.29 is 0 Å². The number of aromatic nitrogens is 2. The first-order valence-electron chi connectivity index (χ1n) is 12.6. The third-order valence-electron chi connectivity index (χ3n) is 6.90. The summed E-state index contributed by atoms with van der Waals surface area (Å²) in [4.78, 5) is 27.2. The van der Waals surface area contributed by atoms with Gasteiger partial charge in [0.25, 0.3) is 11.1 Å². The Labute approximate surface area is 190 Å². The van der Waals surface area contributed by atoms with E-state index in [1.807, 2.05) is 36.7 Å². The molecule has 0 fully saturated rings. The van der Waals surface area contributed by atoms with Crippen molar-refractivity contribution in [3.05, 3.63) is 68.5 Å². The van der Waals surface area contributed by atoms with Crippen LogP contribution in [-0.4, -0.2) is 8.80 Å². The molecule has 32 heavy (non-hydrogen) atoms. The summed E-state index contributed by atoms with van der Waals surface area (Å²) < 4.78 is 3.53. The molecule has 0 bridgehead atoms. The quantitative estimate of drug-likeness (QED) is 0.239. The van der Waals surface area contributed by atoms with Crippen molar-refractivity contribution >= 4 is 21.8 Å². The number of fused-ring (bicyclic) bond motifs is 3. The van der Waals surface area contributed by atoms with Crippen molar-refractivity contribution in [1.82, 2.24) is 8.80 Å². The molecule has 0 atom stereocenters. The molecule has 170 valence electrons. The first-order chi connectivity index (χ1) is 15.7. The van der Waals surface area contributed by atoms with Gasteiger partial charge < -0.3 is 0 Å². The number of nitrogens with zero attached hydrogens (tertiary/aromatic N) is 2. The van der Waals surface area contributed by atoms with Crippen molar-refractivity contribution in [2.24, 2.45) is 0 Å². The van der Waals surface area contributed by atoms with E-state index in [0.717, 1.165) is 60.7 Å². The van der Waals surface area contributed by atoms with Gasteiger partial charge in [0.15, 0.2) is 0 Å². The van der Waals surface area contributed by atoms with Crippen molar-refractivity contribution in [2.75, 3.05) is 0 Å². The maximum Gasteiger partial charge on any atom is 0.263 e. The highest BCUT2D eigenvalue weighted by atomic mass is 16.1. The van der Waals surface area contributed by atoms with E-state index in [9.17, 15) is 9.59 Å². The van der Waals surface area contributed by atoms with Crippen LogP contribution in [0.25, 0.3) is 21.8 Å². The summed E-state index contributed by atoms with van der Waals surface area (Å²) >= 11 is 0. The van der Waals surface area contributed by atoms with Crippen molar-refractivity contribution in [3.63, 3.8) is 0 Å². The summed E-state index contributed by atoms with van der Waals surface area (Å²) in [6, 6.07) is 7.84. The van der Waals surface area contributed by atoms with Gasteiger partial charge in [-0.2, -0.15) is 0 Å². The molecule has 4 nitrogen and oxygen atoms in total. The van der Waals surface area contributed by atoms with Gasteiger partial charge in [-0.1, -0.05) is 65.2 Å². The van der Waals surface area contributed by atoms with Gasteiger partial charge in [0.1, 0.15) is 0 Å². The second kappa shape index (κ2) is 10.3. The van der Waals surface area contributed by atoms with Gasteiger partial charge in [-0.25, -0.2) is 0 Å². The van der Waals surface area contributed by atoms with Gasteiger partial charge in [-0.05, 0) is 61.1 Å². The predicted octanol–water partition coefficient (Wildman–Crippen LogP) is 6.53. The van der Waals surface area contributed by atoms with Gasteiger partial charge in [0.05, 0.1) is 21.8 Å². The molecule has 4 aromatic rings. The highest BCUT2D eigenvalue weighted by Crippen LogP contribution is 2.27. The summed E-state index contributed by atoms with van der Waals surface area (Å²) in [6.45, 7) is 4.45. The van der Waals surface area contributed by atoms with E-state index in [1.54, 1.807) is 8.80 Å². The standard InChI is InChI=1S/C28H36N2O2/c1-3-5-7-9-11-15-21-23-17-13-19-29(23)28(32)26-22(16-12-10-8-6-4-2)24-18-14-20-30(24)27(31)25(21)26/h13-14,17-20H,3-12,15-16H2,1-2H3. The van der Waals surface area contributed by atoms with E-state index in [-0.39, 0.29) is 11.1 Å². The zero-order valence-electron chi connectivity index (χ0n) is 19.7. The van der Waals surface area contributed by atoms with E-state index in [0.29, 0.717) is 10.8 Å². The third-order valence-corrected chi connectivity index (χ3v) is 6.90. The molecule has 0 radical (unpaired) electrons. The Bertz CT molecular complexity index is 1200. The SMILES string of the molecule is CCCCCCCc1c2c(=O)n3cccc3c(CCCCCCC)c2c(=O)n2cccc12. The Morgan fingerprint density at radius 1 is 0.594 bits per heavy atom. The van der Waals surface area contributed by atoms with Gasteiger partial charge in [-0.15, -0.1) is 0 Å². The Morgan fingerprint density at radius 3 is 1.41 bits per heavy atom. The van der Waals surface area contributed by atoms with Crippen LogP contribution in [0.3, 0.4) is 0 Å². The largest absolute Gasteiger partial charge is 0.283 e. The van der Waals surface area contributed by atoms with Crippen LogP contribution < -0.4 is 11.1 Å². The Morgan fingerprint density at radius 2 is 1.00 bits per heavy atom. The molecule has 0 aliphatic carbocycles. The second-order valence-corrected chi connectivity index (χ2v) is 9.17. The van der Waals surface area contributed by atoms with Crippen molar-refractivity contribution in [2.45, 2.75) is 90.9 Å². The first-order valence-corrected chi connectivity index (χ1v) is 12.6. The summed E-state index contributed by atoms with van der Waals surface area (Å²) in [6.07, 6.45) is 17.2. The average molecular weight is 433 g/mol. The molecule has 4 heteroatoms. The first kappa shape index (κ1) is 22.6. The van der Waals surface area contributed by atoms with E-state index >= 15 is 0 Å². The molecular formula is C28H36N2O2. The molecule has 4 rings (SSSR count). The van der Waals surface area contributed by atoms with E-state index < -0.39 is 0 Å². The maximum absolute atomic E-state index is 13.6. The summed E-state index contributed by atoms with van der Waals surface area (Å²) in [5.41, 5.74) is 3.81. The van der Waals surface area contributed by atoms with Crippen molar-refractivity contribution in [1.29, 1.82) is 0 Å². The lowest BCUT2D eigenvalue weighted by Gasteiger charge is -2.14. The minimum absolute atomic E-state index is 0.0425. The number of aryl methyl sites for hydroxylation is 2. The molecule has 0 aliphatic rings. The predicted molar refractivity (Wildman–Crippen MR) is 135 cm³/mol.